The van der Waals surface area contributed by atoms with Crippen molar-refractivity contribution in [3.05, 3.63) is 57.3 Å². The van der Waals surface area contributed by atoms with Crippen LogP contribution in [-0.4, -0.2) is 19.5 Å². The molecule has 21 heavy (non-hydrogen) atoms. The van der Waals surface area contributed by atoms with Gasteiger partial charge in [-0.25, -0.2) is 4.39 Å². The first-order valence-electron chi connectivity index (χ1n) is 6.43. The maximum Gasteiger partial charge on any atom is 0.199 e. The molecule has 0 spiro atoms. The van der Waals surface area contributed by atoms with Crippen LogP contribution in [0.3, 0.4) is 0 Å². The number of hydrogen-bond acceptors (Lipinski definition) is 3. The highest BCUT2D eigenvalue weighted by molar-refractivity contribution is 9.10. The summed E-state index contributed by atoms with van der Waals surface area (Å²) in [6.45, 7) is 0.539. The number of halogens is 2. The molecule has 1 aliphatic rings. The smallest absolute Gasteiger partial charge is 0.199 e. The molecule has 2 aromatic rings. The minimum absolute atomic E-state index is 0.00611. The van der Waals surface area contributed by atoms with E-state index in [1.54, 1.807) is 12.1 Å². The fraction of sp³-hybridized carbons (Fsp3) is 0.188. The fourth-order valence-corrected chi connectivity index (χ4v) is 2.90. The summed E-state index contributed by atoms with van der Waals surface area (Å²) >= 11 is 3.38. The quantitative estimate of drug-likeness (QED) is 0.790. The number of hydrogen-bond donors (Lipinski definition) is 0. The van der Waals surface area contributed by atoms with Gasteiger partial charge >= 0.3 is 0 Å². The van der Waals surface area contributed by atoms with Gasteiger partial charge in [-0.05, 0) is 29.8 Å². The number of benzene rings is 2. The third kappa shape index (κ3) is 2.53. The van der Waals surface area contributed by atoms with Gasteiger partial charge in [0, 0.05) is 17.0 Å². The average Bonchev–Trinajstić information content (AvgIpc) is 2.93. The molecule has 0 aliphatic carbocycles. The van der Waals surface area contributed by atoms with E-state index in [1.165, 1.54) is 19.2 Å². The lowest BCUT2D eigenvalue weighted by Crippen LogP contribution is -2.06. The third-order valence-electron chi connectivity index (χ3n) is 3.41. The largest absolute Gasteiger partial charge is 0.497 e. The monoisotopic (exact) mass is 350 g/mol. The molecule has 5 heteroatoms. The van der Waals surface area contributed by atoms with Crippen molar-refractivity contribution < 1.29 is 18.7 Å². The highest BCUT2D eigenvalue weighted by Crippen LogP contribution is 2.34. The van der Waals surface area contributed by atoms with Gasteiger partial charge in [0.1, 0.15) is 17.3 Å². The van der Waals surface area contributed by atoms with E-state index in [9.17, 15) is 9.18 Å². The Morgan fingerprint density at radius 2 is 2.10 bits per heavy atom. The van der Waals surface area contributed by atoms with Crippen LogP contribution in [0.15, 0.2) is 34.8 Å². The Hall–Kier alpha value is -1.88. The van der Waals surface area contributed by atoms with Gasteiger partial charge < -0.3 is 9.47 Å². The van der Waals surface area contributed by atoms with Crippen molar-refractivity contribution in [1.29, 1.82) is 0 Å². The van der Waals surface area contributed by atoms with E-state index in [1.807, 2.05) is 6.07 Å². The van der Waals surface area contributed by atoms with Crippen molar-refractivity contribution in [2.45, 2.75) is 6.42 Å². The van der Waals surface area contributed by atoms with E-state index in [0.29, 0.717) is 23.7 Å². The molecule has 0 saturated carbocycles. The predicted octanol–water partition coefficient (Wildman–Crippen LogP) is 3.76. The van der Waals surface area contributed by atoms with Crippen LogP contribution in [0.25, 0.3) is 0 Å². The van der Waals surface area contributed by atoms with Crippen molar-refractivity contribution in [3.8, 4) is 11.5 Å². The molecule has 108 valence electrons. The Morgan fingerprint density at radius 3 is 2.81 bits per heavy atom. The summed E-state index contributed by atoms with van der Waals surface area (Å²) in [5.74, 6) is -0.0705. The van der Waals surface area contributed by atoms with Crippen molar-refractivity contribution in [2.24, 2.45) is 0 Å². The second-order valence-electron chi connectivity index (χ2n) is 4.71. The molecule has 3 nitrogen and oxygen atoms in total. The lowest BCUT2D eigenvalue weighted by molar-refractivity contribution is 0.103. The molecule has 0 atom stereocenters. The van der Waals surface area contributed by atoms with Gasteiger partial charge in [-0.2, -0.15) is 0 Å². The van der Waals surface area contributed by atoms with E-state index in [4.69, 9.17) is 9.47 Å². The third-order valence-corrected chi connectivity index (χ3v) is 3.87. The molecule has 0 saturated heterocycles. The first-order valence-corrected chi connectivity index (χ1v) is 7.23. The zero-order valence-corrected chi connectivity index (χ0v) is 12.9. The number of carbonyl (C=O) groups excluding carboxylic acids is 1. The topological polar surface area (TPSA) is 35.5 Å². The summed E-state index contributed by atoms with van der Waals surface area (Å²) in [6, 6.07) is 7.78. The molecule has 3 rings (SSSR count). The zero-order valence-electron chi connectivity index (χ0n) is 11.3. The molecule has 0 aromatic heterocycles. The van der Waals surface area contributed by atoms with Crippen molar-refractivity contribution in [2.75, 3.05) is 13.7 Å². The van der Waals surface area contributed by atoms with Crippen LogP contribution in [0.4, 0.5) is 4.39 Å². The fourth-order valence-electron chi connectivity index (χ4n) is 2.39. The maximum absolute atomic E-state index is 14.1. The van der Waals surface area contributed by atoms with E-state index in [2.05, 4.69) is 15.9 Å². The summed E-state index contributed by atoms with van der Waals surface area (Å²) < 4.78 is 25.3. The molecular weight excluding hydrogens is 339 g/mol. The molecule has 0 N–H and O–H groups in total. The number of methoxy groups -OCH3 is 1. The summed E-state index contributed by atoms with van der Waals surface area (Å²) in [7, 11) is 1.45. The summed E-state index contributed by atoms with van der Waals surface area (Å²) in [4.78, 5) is 12.6. The molecule has 0 fully saturated rings. The molecule has 0 radical (unpaired) electrons. The van der Waals surface area contributed by atoms with Gasteiger partial charge in [-0.3, -0.25) is 4.79 Å². The summed E-state index contributed by atoms with van der Waals surface area (Å²) in [5.41, 5.74) is 1.34. The van der Waals surface area contributed by atoms with Gasteiger partial charge in [-0.1, -0.05) is 15.9 Å². The highest BCUT2D eigenvalue weighted by atomic mass is 79.9. The minimum atomic E-state index is -0.605. The van der Waals surface area contributed by atoms with E-state index in [-0.39, 0.29) is 5.56 Å². The SMILES string of the molecule is COc1ccc(C(=O)c2cc(Br)cc3c2OCC3)c(F)c1. The molecule has 1 heterocycles. The molecule has 0 unspecified atom stereocenters. The Kier molecular flexibility index (Phi) is 3.68. The van der Waals surface area contributed by atoms with Crippen LogP contribution in [0.2, 0.25) is 0 Å². The van der Waals surface area contributed by atoms with Crippen LogP contribution in [-0.2, 0) is 6.42 Å². The summed E-state index contributed by atoms with van der Waals surface area (Å²) in [5, 5.41) is 0. The number of carbonyl (C=O) groups is 1. The van der Waals surface area contributed by atoms with Gasteiger partial charge in [-0.15, -0.1) is 0 Å². The van der Waals surface area contributed by atoms with Crippen LogP contribution in [0.1, 0.15) is 21.5 Å². The molecular formula is C16H12BrFO3. The maximum atomic E-state index is 14.1. The zero-order chi connectivity index (χ0) is 15.0. The predicted molar refractivity (Wildman–Crippen MR) is 79.7 cm³/mol. The van der Waals surface area contributed by atoms with Crippen molar-refractivity contribution in [3.63, 3.8) is 0 Å². The van der Waals surface area contributed by atoms with Crippen molar-refractivity contribution in [1.82, 2.24) is 0 Å². The number of ether oxygens (including phenoxy) is 2. The number of ketones is 1. The Bertz CT molecular complexity index is 728. The first-order chi connectivity index (χ1) is 10.1. The van der Waals surface area contributed by atoms with Gasteiger partial charge in [0.05, 0.1) is 24.8 Å². The second kappa shape index (κ2) is 5.48. The van der Waals surface area contributed by atoms with Crippen LogP contribution in [0.5, 0.6) is 11.5 Å². The lowest BCUT2D eigenvalue weighted by atomic mass is 9.99. The standard InChI is InChI=1S/C16H12BrFO3/c1-20-11-2-3-12(14(18)8-11)15(19)13-7-10(17)6-9-4-5-21-16(9)13/h2-3,6-8H,4-5H2,1H3. The van der Waals surface area contributed by atoms with Crippen LogP contribution in [0, 0.1) is 5.82 Å². The molecule has 1 aliphatic heterocycles. The highest BCUT2D eigenvalue weighted by Gasteiger charge is 2.24. The van der Waals surface area contributed by atoms with Crippen molar-refractivity contribution >= 4 is 21.7 Å². The molecule has 0 bridgehead atoms. The average molecular weight is 351 g/mol. The summed E-state index contributed by atoms with van der Waals surface area (Å²) in [6.07, 6.45) is 0.750. The molecule has 0 amide bonds. The van der Waals surface area contributed by atoms with Crippen LogP contribution < -0.4 is 9.47 Å². The Morgan fingerprint density at radius 1 is 1.29 bits per heavy atom. The Labute approximate surface area is 129 Å². The van der Waals surface area contributed by atoms with Crippen LogP contribution >= 0.6 is 15.9 Å². The van der Waals surface area contributed by atoms with Gasteiger partial charge in [0.2, 0.25) is 0 Å². The van der Waals surface area contributed by atoms with Gasteiger partial charge in [0.15, 0.2) is 5.78 Å². The number of fused-ring (bicyclic) bond motifs is 1. The lowest BCUT2D eigenvalue weighted by Gasteiger charge is -2.09. The second-order valence-corrected chi connectivity index (χ2v) is 5.63. The van der Waals surface area contributed by atoms with E-state index < -0.39 is 11.6 Å². The normalized spacial score (nSPS) is 12.7. The van der Waals surface area contributed by atoms with E-state index >= 15 is 0 Å². The van der Waals surface area contributed by atoms with E-state index in [0.717, 1.165) is 16.5 Å². The Balaban J connectivity index is 2.07. The molecule has 2 aromatic carbocycles. The minimum Gasteiger partial charge on any atom is -0.497 e. The number of rotatable bonds is 3. The first kappa shape index (κ1) is 14.1. The van der Waals surface area contributed by atoms with Gasteiger partial charge in [0.25, 0.3) is 0 Å².